The average Bonchev–Trinajstić information content (AvgIpc) is 3.49. The first-order chi connectivity index (χ1) is 19.8. The predicted molar refractivity (Wildman–Crippen MR) is 157 cm³/mol. The van der Waals surface area contributed by atoms with E-state index in [0.717, 1.165) is 17.1 Å². The third kappa shape index (κ3) is 4.52. The second-order valence-electron chi connectivity index (χ2n) is 9.65. The van der Waals surface area contributed by atoms with Crippen LogP contribution in [0, 0.1) is 6.92 Å². The van der Waals surface area contributed by atoms with Crippen molar-refractivity contribution < 1.29 is 4.79 Å². The molecule has 0 fully saturated rings. The van der Waals surface area contributed by atoms with E-state index in [9.17, 15) is 9.59 Å². The van der Waals surface area contributed by atoms with E-state index in [1.807, 2.05) is 73.2 Å². The number of nitrogens with one attached hydrogen (secondary N) is 1. The van der Waals surface area contributed by atoms with Crippen LogP contribution in [0.1, 0.15) is 46.2 Å². The van der Waals surface area contributed by atoms with Crippen molar-refractivity contribution in [1.82, 2.24) is 39.0 Å². The highest BCUT2D eigenvalue weighted by molar-refractivity contribution is 6.04. The van der Waals surface area contributed by atoms with Gasteiger partial charge in [-0.1, -0.05) is 36.4 Å². The Bertz CT molecular complexity index is 2020. The van der Waals surface area contributed by atoms with Crippen molar-refractivity contribution in [2.24, 2.45) is 7.05 Å². The number of hydrogen-bond acceptors (Lipinski definition) is 7. The van der Waals surface area contributed by atoms with Crippen LogP contribution in [-0.2, 0) is 7.05 Å². The van der Waals surface area contributed by atoms with Gasteiger partial charge in [-0.2, -0.15) is 0 Å². The number of aromatic nitrogens is 7. The van der Waals surface area contributed by atoms with Crippen molar-refractivity contribution in [3.8, 4) is 5.69 Å². The largest absolute Gasteiger partial charge is 0.381 e. The first kappa shape index (κ1) is 25.7. The van der Waals surface area contributed by atoms with E-state index in [0.29, 0.717) is 28.1 Å². The van der Waals surface area contributed by atoms with Crippen molar-refractivity contribution in [2.75, 3.05) is 5.73 Å². The number of imidazole rings is 1. The molecule has 4 aromatic heterocycles. The minimum absolute atomic E-state index is 0.0559. The van der Waals surface area contributed by atoms with E-state index >= 15 is 0 Å². The number of fused-ring (bicyclic) bond motifs is 2. The number of para-hydroxylation sites is 1. The molecule has 1 unspecified atom stereocenters. The zero-order valence-electron chi connectivity index (χ0n) is 22.7. The first-order valence-electron chi connectivity index (χ1n) is 13.0. The van der Waals surface area contributed by atoms with E-state index < -0.39 is 11.9 Å². The molecule has 4 heterocycles. The molecule has 0 aliphatic rings. The molecule has 11 nitrogen and oxygen atoms in total. The Labute approximate surface area is 234 Å². The van der Waals surface area contributed by atoms with Crippen LogP contribution in [0.25, 0.3) is 34.4 Å². The molecule has 3 N–H and O–H groups in total. The highest BCUT2D eigenvalue weighted by Crippen LogP contribution is 2.23. The summed E-state index contributed by atoms with van der Waals surface area (Å²) in [4.78, 5) is 41.1. The number of nitrogens with zero attached hydrogens (tertiary/aromatic N) is 7. The van der Waals surface area contributed by atoms with Crippen LogP contribution in [-0.4, -0.2) is 39.6 Å². The van der Waals surface area contributed by atoms with Crippen LogP contribution in [0.2, 0.25) is 0 Å². The second-order valence-corrected chi connectivity index (χ2v) is 9.65. The molecule has 0 spiro atoms. The van der Waals surface area contributed by atoms with Crippen LogP contribution in [0.5, 0.6) is 0 Å². The molecule has 0 aliphatic carbocycles. The first-order valence-corrected chi connectivity index (χ1v) is 13.0. The number of nitrogen functional groups attached to an aromatic ring is 1. The maximum atomic E-state index is 14.2. The van der Waals surface area contributed by atoms with Crippen molar-refractivity contribution in [3.05, 3.63) is 112 Å². The minimum atomic E-state index is -0.672. The number of aryl methyl sites for hydroxylation is 1. The number of nitrogens with two attached hydrogens (primary N) is 1. The van der Waals surface area contributed by atoms with Crippen molar-refractivity contribution in [3.63, 3.8) is 0 Å². The molecule has 1 amide bonds. The molecule has 6 aromatic rings. The number of amides is 1. The molecule has 6 rings (SSSR count). The number of carbonyl (C=O) groups is 1. The van der Waals surface area contributed by atoms with E-state index in [1.54, 1.807) is 37.6 Å². The number of anilines is 1. The third-order valence-electron chi connectivity index (χ3n) is 7.04. The van der Waals surface area contributed by atoms with Gasteiger partial charge in [0.1, 0.15) is 17.2 Å². The lowest BCUT2D eigenvalue weighted by atomic mass is 10.1. The summed E-state index contributed by atoms with van der Waals surface area (Å²) in [5.74, 6) is 0.840. The van der Waals surface area contributed by atoms with Gasteiger partial charge in [-0.05, 0) is 49.8 Å². The Morgan fingerprint density at radius 2 is 1.85 bits per heavy atom. The monoisotopic (exact) mass is 545 g/mol. The topological polar surface area (TPSA) is 138 Å². The van der Waals surface area contributed by atoms with Gasteiger partial charge in [0, 0.05) is 19.4 Å². The fourth-order valence-electron chi connectivity index (χ4n) is 4.83. The summed E-state index contributed by atoms with van der Waals surface area (Å²) in [6.45, 7) is 3.70. The molecule has 0 bridgehead atoms. The third-order valence-corrected chi connectivity index (χ3v) is 7.04. The lowest BCUT2D eigenvalue weighted by Gasteiger charge is -2.20. The van der Waals surface area contributed by atoms with Gasteiger partial charge in [0.05, 0.1) is 34.5 Å². The number of benzene rings is 2. The summed E-state index contributed by atoms with van der Waals surface area (Å²) in [7, 11) is 1.94. The number of rotatable bonds is 6. The van der Waals surface area contributed by atoms with Gasteiger partial charge in [-0.3, -0.25) is 14.2 Å². The van der Waals surface area contributed by atoms with Crippen molar-refractivity contribution >= 4 is 40.4 Å². The highest BCUT2D eigenvalue weighted by Gasteiger charge is 2.24. The fourth-order valence-corrected chi connectivity index (χ4v) is 4.83. The van der Waals surface area contributed by atoms with Crippen LogP contribution in [0.3, 0.4) is 0 Å². The van der Waals surface area contributed by atoms with E-state index in [1.165, 1.54) is 9.08 Å². The van der Waals surface area contributed by atoms with Gasteiger partial charge in [-0.25, -0.2) is 19.5 Å². The summed E-state index contributed by atoms with van der Waals surface area (Å²) in [5.41, 5.74) is 9.07. The van der Waals surface area contributed by atoms with Crippen molar-refractivity contribution in [1.29, 1.82) is 0 Å². The molecule has 204 valence electrons. The Morgan fingerprint density at radius 3 is 2.61 bits per heavy atom. The van der Waals surface area contributed by atoms with E-state index in [4.69, 9.17) is 10.7 Å². The van der Waals surface area contributed by atoms with Gasteiger partial charge in [0.25, 0.3) is 11.5 Å². The molecule has 0 radical (unpaired) electrons. The Balaban J connectivity index is 1.47. The van der Waals surface area contributed by atoms with Crippen molar-refractivity contribution in [2.45, 2.75) is 19.9 Å². The Kier molecular flexibility index (Phi) is 6.38. The molecule has 1 atom stereocenters. The molecule has 0 saturated heterocycles. The van der Waals surface area contributed by atoms with Crippen LogP contribution in [0.15, 0.2) is 78.0 Å². The van der Waals surface area contributed by atoms with Crippen LogP contribution >= 0.6 is 0 Å². The quantitative estimate of drug-likeness (QED) is 0.325. The van der Waals surface area contributed by atoms with Crippen LogP contribution < -0.4 is 16.6 Å². The minimum Gasteiger partial charge on any atom is -0.381 e. The molecule has 2 aromatic carbocycles. The van der Waals surface area contributed by atoms with Gasteiger partial charge in [0.15, 0.2) is 11.5 Å². The van der Waals surface area contributed by atoms with Gasteiger partial charge < -0.3 is 15.6 Å². The lowest BCUT2D eigenvalue weighted by Crippen LogP contribution is -2.33. The molecule has 0 aliphatic heterocycles. The standard InChI is InChI=1S/C30H27N9O2/c1-18(34-29(40)25-26(31)36-38-16-8-15-32-28(25)38)27-35-23-12-7-9-20(13-14-22-17-33-19(2)37(22)3)24(23)30(41)39(27)21-10-5-4-6-11-21/h4-18H,1-3H3,(H2,31,36)(H,34,40). The number of hydrogen-bond donors (Lipinski definition) is 2. The summed E-state index contributed by atoms with van der Waals surface area (Å²) >= 11 is 0. The summed E-state index contributed by atoms with van der Waals surface area (Å²) < 4.78 is 4.96. The number of carbonyl (C=O) groups excluding carboxylic acids is 1. The zero-order chi connectivity index (χ0) is 28.7. The molecule has 0 saturated carbocycles. The zero-order valence-corrected chi connectivity index (χ0v) is 22.7. The second kappa shape index (κ2) is 10.2. The summed E-state index contributed by atoms with van der Waals surface area (Å²) in [6, 6.07) is 15.8. The Morgan fingerprint density at radius 1 is 1.05 bits per heavy atom. The molecular formula is C30H27N9O2. The van der Waals surface area contributed by atoms with Gasteiger partial charge in [0.2, 0.25) is 0 Å². The highest BCUT2D eigenvalue weighted by atomic mass is 16.2. The maximum Gasteiger partial charge on any atom is 0.266 e. The molecular weight excluding hydrogens is 518 g/mol. The van der Waals surface area contributed by atoms with Gasteiger partial charge >= 0.3 is 0 Å². The van der Waals surface area contributed by atoms with E-state index in [2.05, 4.69) is 20.4 Å². The van der Waals surface area contributed by atoms with Crippen LogP contribution in [0.4, 0.5) is 5.82 Å². The Hall–Kier alpha value is -5.58. The molecule has 11 heteroatoms. The summed E-state index contributed by atoms with van der Waals surface area (Å²) in [6.07, 6.45) is 8.83. The normalized spacial score (nSPS) is 12.4. The SMILES string of the molecule is Cc1ncc(C=Cc2cccc3nc(C(C)NC(=O)c4c(N)nn5cccnc45)n(-c4ccccc4)c(=O)c23)n1C. The maximum absolute atomic E-state index is 14.2. The summed E-state index contributed by atoms with van der Waals surface area (Å²) in [5, 5.41) is 7.59. The molecule has 41 heavy (non-hydrogen) atoms. The van der Waals surface area contributed by atoms with E-state index in [-0.39, 0.29) is 16.9 Å². The average molecular weight is 546 g/mol. The fraction of sp³-hybridized carbons (Fsp3) is 0.133. The predicted octanol–water partition coefficient (Wildman–Crippen LogP) is 3.71. The van der Waals surface area contributed by atoms with Gasteiger partial charge in [-0.15, -0.1) is 5.10 Å². The lowest BCUT2D eigenvalue weighted by molar-refractivity contribution is 0.0940. The smallest absolute Gasteiger partial charge is 0.266 e.